The zero-order valence-electron chi connectivity index (χ0n) is 13.1. The molecule has 10 heteroatoms. The number of carbonyl (C=O) groups is 2. The third-order valence-corrected chi connectivity index (χ3v) is 5.54. The van der Waals surface area contributed by atoms with E-state index >= 15 is 0 Å². The Morgan fingerprint density at radius 1 is 1.27 bits per heavy atom. The number of rotatable bonds is 5. The van der Waals surface area contributed by atoms with Crippen molar-refractivity contribution in [1.82, 2.24) is 5.32 Å². The Morgan fingerprint density at radius 2 is 2.04 bits per heavy atom. The molecular weight excluding hydrogens is 421 g/mol. The second-order valence-electron chi connectivity index (χ2n) is 5.29. The van der Waals surface area contributed by atoms with Crippen molar-refractivity contribution >= 4 is 69.2 Å². The first-order valence-electron chi connectivity index (χ1n) is 7.41. The predicted molar refractivity (Wildman–Crippen MR) is 104 cm³/mol. The number of amidine groups is 1. The molecule has 0 aliphatic carbocycles. The van der Waals surface area contributed by atoms with Crippen molar-refractivity contribution in [3.8, 4) is 0 Å². The highest BCUT2D eigenvalue weighted by molar-refractivity contribution is 8.15. The standard InChI is InChI=1S/C16H12Cl3N3O3S/c17-9-4-11(19)12(5-10(9)18)21-14(23)6-13-15(24)22-16(26-13)20-7-8-2-1-3-25-8/h1-5,13H,6-7H2,(H,21,23)(H,20,22,24). The molecule has 0 radical (unpaired) electrons. The van der Waals surface area contributed by atoms with Crippen LogP contribution in [0.3, 0.4) is 0 Å². The number of anilines is 1. The molecule has 1 aliphatic heterocycles. The molecule has 1 atom stereocenters. The molecule has 2 heterocycles. The van der Waals surface area contributed by atoms with Gasteiger partial charge in [0.05, 0.1) is 33.6 Å². The normalized spacial score (nSPS) is 18.2. The van der Waals surface area contributed by atoms with Gasteiger partial charge in [0.2, 0.25) is 11.8 Å². The third kappa shape index (κ3) is 4.73. The van der Waals surface area contributed by atoms with Crippen LogP contribution < -0.4 is 10.6 Å². The van der Waals surface area contributed by atoms with E-state index in [9.17, 15) is 9.59 Å². The largest absolute Gasteiger partial charge is 0.467 e. The minimum Gasteiger partial charge on any atom is -0.467 e. The molecule has 2 aromatic rings. The maximum Gasteiger partial charge on any atom is 0.240 e. The molecule has 1 aromatic heterocycles. The minimum absolute atomic E-state index is 0.0349. The molecule has 1 saturated heterocycles. The van der Waals surface area contributed by atoms with Crippen molar-refractivity contribution in [1.29, 1.82) is 0 Å². The molecular formula is C16H12Cl3N3O3S. The lowest BCUT2D eigenvalue weighted by Crippen LogP contribution is -2.28. The smallest absolute Gasteiger partial charge is 0.240 e. The van der Waals surface area contributed by atoms with E-state index in [-0.39, 0.29) is 33.3 Å². The summed E-state index contributed by atoms with van der Waals surface area (Å²) in [6.45, 7) is 0.313. The average Bonchev–Trinajstić information content (AvgIpc) is 3.21. The van der Waals surface area contributed by atoms with Gasteiger partial charge in [-0.05, 0) is 24.3 Å². The Bertz CT molecular complexity index is 871. The van der Waals surface area contributed by atoms with Crippen LogP contribution in [-0.4, -0.2) is 22.2 Å². The molecule has 2 amide bonds. The van der Waals surface area contributed by atoms with Gasteiger partial charge in [-0.3, -0.25) is 14.6 Å². The van der Waals surface area contributed by atoms with E-state index in [4.69, 9.17) is 39.2 Å². The topological polar surface area (TPSA) is 83.7 Å². The van der Waals surface area contributed by atoms with E-state index in [1.807, 2.05) is 0 Å². The highest BCUT2D eigenvalue weighted by atomic mass is 35.5. The second-order valence-corrected chi connectivity index (χ2v) is 7.71. The number of halogens is 3. The van der Waals surface area contributed by atoms with Crippen LogP contribution in [0.25, 0.3) is 0 Å². The molecule has 0 spiro atoms. The van der Waals surface area contributed by atoms with E-state index in [1.54, 1.807) is 18.4 Å². The summed E-state index contributed by atoms with van der Waals surface area (Å²) >= 11 is 19.0. The van der Waals surface area contributed by atoms with E-state index in [1.165, 1.54) is 23.9 Å². The predicted octanol–water partition coefficient (Wildman–Crippen LogP) is 4.36. The lowest BCUT2D eigenvalue weighted by Gasteiger charge is -2.10. The van der Waals surface area contributed by atoms with Gasteiger partial charge in [0.1, 0.15) is 11.0 Å². The van der Waals surface area contributed by atoms with Gasteiger partial charge in [0.25, 0.3) is 0 Å². The summed E-state index contributed by atoms with van der Waals surface area (Å²) in [5.74, 6) is 0.0385. The summed E-state index contributed by atoms with van der Waals surface area (Å²) in [6, 6.07) is 6.45. The Kier molecular flexibility index (Phi) is 6.13. The monoisotopic (exact) mass is 431 g/mol. The van der Waals surface area contributed by atoms with Gasteiger partial charge in [-0.25, -0.2) is 0 Å². The highest BCUT2D eigenvalue weighted by Gasteiger charge is 2.32. The molecule has 1 fully saturated rings. The van der Waals surface area contributed by atoms with E-state index in [0.717, 1.165) is 0 Å². The van der Waals surface area contributed by atoms with Gasteiger partial charge in [0, 0.05) is 6.42 Å². The maximum atomic E-state index is 12.2. The van der Waals surface area contributed by atoms with Crippen molar-refractivity contribution in [3.05, 3.63) is 51.4 Å². The van der Waals surface area contributed by atoms with E-state index in [2.05, 4.69) is 15.6 Å². The number of furan rings is 1. The molecule has 1 aliphatic rings. The number of nitrogens with zero attached hydrogens (tertiary/aromatic N) is 1. The van der Waals surface area contributed by atoms with Crippen LogP contribution in [0.15, 0.2) is 39.9 Å². The molecule has 1 aromatic carbocycles. The van der Waals surface area contributed by atoms with Crippen LogP contribution in [0.4, 0.5) is 5.69 Å². The van der Waals surface area contributed by atoms with Crippen LogP contribution in [0.5, 0.6) is 0 Å². The van der Waals surface area contributed by atoms with Crippen LogP contribution in [0.2, 0.25) is 15.1 Å². The summed E-state index contributed by atoms with van der Waals surface area (Å²) in [6.07, 6.45) is 1.52. The summed E-state index contributed by atoms with van der Waals surface area (Å²) in [4.78, 5) is 28.5. The summed E-state index contributed by atoms with van der Waals surface area (Å²) in [7, 11) is 0. The van der Waals surface area contributed by atoms with Gasteiger partial charge < -0.3 is 15.1 Å². The third-order valence-electron chi connectivity index (χ3n) is 3.39. The van der Waals surface area contributed by atoms with Crippen molar-refractivity contribution in [2.24, 2.45) is 4.99 Å². The molecule has 26 heavy (non-hydrogen) atoms. The van der Waals surface area contributed by atoms with Crippen molar-refractivity contribution in [2.75, 3.05) is 5.32 Å². The number of benzene rings is 1. The minimum atomic E-state index is -0.577. The Labute approximate surface area is 168 Å². The number of hydrogen-bond acceptors (Lipinski definition) is 5. The van der Waals surface area contributed by atoms with Gasteiger partial charge in [-0.2, -0.15) is 0 Å². The number of thioether (sulfide) groups is 1. The fraction of sp³-hybridized carbons (Fsp3) is 0.188. The number of hydrogen-bond donors (Lipinski definition) is 2. The molecule has 1 unspecified atom stereocenters. The van der Waals surface area contributed by atoms with Crippen molar-refractivity contribution in [3.63, 3.8) is 0 Å². The lowest BCUT2D eigenvalue weighted by atomic mass is 10.2. The summed E-state index contributed by atoms with van der Waals surface area (Å²) in [5.41, 5.74) is 0.334. The van der Waals surface area contributed by atoms with Crippen molar-refractivity contribution in [2.45, 2.75) is 18.2 Å². The molecule has 0 bridgehead atoms. The van der Waals surface area contributed by atoms with Gasteiger partial charge >= 0.3 is 0 Å². The number of aliphatic imine (C=N–C) groups is 1. The Hall–Kier alpha value is -1.67. The van der Waals surface area contributed by atoms with Crippen LogP contribution in [-0.2, 0) is 16.1 Å². The lowest BCUT2D eigenvalue weighted by molar-refractivity contribution is -0.122. The number of nitrogens with one attached hydrogen (secondary N) is 2. The number of carbonyl (C=O) groups excluding carboxylic acids is 2. The summed E-state index contributed by atoms with van der Waals surface area (Å²) < 4.78 is 5.18. The van der Waals surface area contributed by atoms with Crippen LogP contribution >= 0.6 is 46.6 Å². The SMILES string of the molecule is O=C(CC1SC(=NCc2ccco2)NC1=O)Nc1cc(Cl)c(Cl)cc1Cl. The molecule has 6 nitrogen and oxygen atoms in total. The van der Waals surface area contributed by atoms with E-state index in [0.29, 0.717) is 23.2 Å². The fourth-order valence-corrected chi connectivity index (χ4v) is 3.72. The molecule has 2 N–H and O–H groups in total. The van der Waals surface area contributed by atoms with E-state index < -0.39 is 5.25 Å². The van der Waals surface area contributed by atoms with Crippen LogP contribution in [0.1, 0.15) is 12.2 Å². The highest BCUT2D eigenvalue weighted by Crippen LogP contribution is 2.32. The second kappa shape index (κ2) is 8.35. The van der Waals surface area contributed by atoms with Crippen LogP contribution in [0, 0.1) is 0 Å². The number of amides is 2. The Balaban J connectivity index is 1.58. The van der Waals surface area contributed by atoms with Gasteiger partial charge in [0.15, 0.2) is 5.17 Å². The molecule has 136 valence electrons. The average molecular weight is 433 g/mol. The maximum absolute atomic E-state index is 12.2. The van der Waals surface area contributed by atoms with Gasteiger partial charge in [-0.1, -0.05) is 46.6 Å². The molecule has 3 rings (SSSR count). The first kappa shape index (κ1) is 19.1. The Morgan fingerprint density at radius 3 is 2.77 bits per heavy atom. The zero-order valence-corrected chi connectivity index (χ0v) is 16.2. The molecule has 0 saturated carbocycles. The summed E-state index contributed by atoms with van der Waals surface area (Å²) in [5, 5.41) is 5.98. The first-order chi connectivity index (χ1) is 12.4. The first-order valence-corrected chi connectivity index (χ1v) is 9.42. The van der Waals surface area contributed by atoms with Crippen molar-refractivity contribution < 1.29 is 14.0 Å². The zero-order chi connectivity index (χ0) is 18.7. The quantitative estimate of drug-likeness (QED) is 0.688. The fourth-order valence-electron chi connectivity index (χ4n) is 2.16. The van der Waals surface area contributed by atoms with Gasteiger partial charge in [-0.15, -0.1) is 0 Å².